The molecule has 0 radical (unpaired) electrons. The molecule has 6 heteroatoms. The van der Waals surface area contributed by atoms with Crippen LogP contribution in [0.5, 0.6) is 5.75 Å². The molecule has 1 heterocycles. The van der Waals surface area contributed by atoms with Gasteiger partial charge >= 0.3 is 5.63 Å². The van der Waals surface area contributed by atoms with Crippen LogP contribution >= 0.6 is 0 Å². The second kappa shape index (κ2) is 8.39. The van der Waals surface area contributed by atoms with E-state index in [2.05, 4.69) is 10.3 Å². The van der Waals surface area contributed by atoms with Crippen molar-refractivity contribution in [1.82, 2.24) is 4.98 Å². The fourth-order valence-corrected chi connectivity index (χ4v) is 2.84. The van der Waals surface area contributed by atoms with Crippen LogP contribution < -0.4 is 15.7 Å². The van der Waals surface area contributed by atoms with Crippen molar-refractivity contribution in [2.24, 2.45) is 0 Å². The molecule has 0 saturated heterocycles. The van der Waals surface area contributed by atoms with Crippen LogP contribution in [0.3, 0.4) is 0 Å². The third kappa shape index (κ3) is 4.50. The molecular formula is C23H18N2O4. The van der Waals surface area contributed by atoms with Crippen molar-refractivity contribution in [3.63, 3.8) is 0 Å². The van der Waals surface area contributed by atoms with E-state index in [1.165, 1.54) is 0 Å². The number of nitrogens with one attached hydrogen (secondary N) is 1. The van der Waals surface area contributed by atoms with Crippen molar-refractivity contribution in [3.05, 3.63) is 89.3 Å². The van der Waals surface area contributed by atoms with E-state index < -0.39 is 5.63 Å². The standard InChI is InChI=1S/C23H18N2O4/c26-21(14-15-28-18-6-2-1-3-7-18)24-17-12-10-16(11-13-17)22-25-20-9-5-4-8-19(20)23(27)29-22/h1-13H,14-15H2,(H,24,26). The molecule has 144 valence electrons. The van der Waals surface area contributed by atoms with Crippen LogP contribution in [0.4, 0.5) is 5.69 Å². The van der Waals surface area contributed by atoms with Gasteiger partial charge in [-0.15, -0.1) is 0 Å². The zero-order valence-electron chi connectivity index (χ0n) is 15.5. The van der Waals surface area contributed by atoms with Crippen LogP contribution in [0, 0.1) is 0 Å². The highest BCUT2D eigenvalue weighted by atomic mass is 16.5. The van der Waals surface area contributed by atoms with Gasteiger partial charge in [-0.2, -0.15) is 0 Å². The lowest BCUT2D eigenvalue weighted by molar-refractivity contribution is -0.116. The Morgan fingerprint density at radius 3 is 2.45 bits per heavy atom. The molecule has 4 aromatic rings. The Labute approximate surface area is 166 Å². The number of carbonyl (C=O) groups excluding carboxylic acids is 1. The molecule has 0 atom stereocenters. The van der Waals surface area contributed by atoms with Gasteiger partial charge in [-0.3, -0.25) is 4.79 Å². The van der Waals surface area contributed by atoms with Gasteiger partial charge in [0.1, 0.15) is 5.75 Å². The van der Waals surface area contributed by atoms with E-state index >= 15 is 0 Å². The number of nitrogens with zero attached hydrogens (tertiary/aromatic N) is 1. The quantitative estimate of drug-likeness (QED) is 0.535. The fourth-order valence-electron chi connectivity index (χ4n) is 2.84. The predicted octanol–water partition coefficient (Wildman–Crippen LogP) is 4.26. The summed E-state index contributed by atoms with van der Waals surface area (Å²) in [5.74, 6) is 0.820. The van der Waals surface area contributed by atoms with Gasteiger partial charge in [-0.05, 0) is 48.5 Å². The topological polar surface area (TPSA) is 81.4 Å². The lowest BCUT2D eigenvalue weighted by Gasteiger charge is -2.08. The van der Waals surface area contributed by atoms with Crippen LogP contribution in [0.25, 0.3) is 22.4 Å². The minimum atomic E-state index is -0.429. The van der Waals surface area contributed by atoms with Crippen molar-refractivity contribution in [3.8, 4) is 17.2 Å². The summed E-state index contributed by atoms with van der Waals surface area (Å²) in [6, 6.07) is 23.3. The summed E-state index contributed by atoms with van der Waals surface area (Å²) in [6.07, 6.45) is 0.234. The lowest BCUT2D eigenvalue weighted by Crippen LogP contribution is -2.15. The summed E-state index contributed by atoms with van der Waals surface area (Å²) < 4.78 is 10.8. The minimum absolute atomic E-state index is 0.149. The van der Waals surface area contributed by atoms with E-state index in [-0.39, 0.29) is 18.2 Å². The second-order valence-corrected chi connectivity index (χ2v) is 6.36. The van der Waals surface area contributed by atoms with Crippen molar-refractivity contribution < 1.29 is 13.9 Å². The number of fused-ring (bicyclic) bond motifs is 1. The van der Waals surface area contributed by atoms with Crippen molar-refractivity contribution in [1.29, 1.82) is 0 Å². The third-order valence-electron chi connectivity index (χ3n) is 4.29. The average molecular weight is 386 g/mol. The zero-order chi connectivity index (χ0) is 20.1. The minimum Gasteiger partial charge on any atom is -0.493 e. The van der Waals surface area contributed by atoms with Gasteiger partial charge < -0.3 is 14.5 Å². The number of carbonyl (C=O) groups is 1. The average Bonchev–Trinajstić information content (AvgIpc) is 2.75. The van der Waals surface area contributed by atoms with Crippen LogP contribution in [0.2, 0.25) is 0 Å². The van der Waals surface area contributed by atoms with Crippen molar-refractivity contribution >= 4 is 22.5 Å². The predicted molar refractivity (Wildman–Crippen MR) is 111 cm³/mol. The zero-order valence-corrected chi connectivity index (χ0v) is 15.5. The Balaban J connectivity index is 1.39. The number of rotatable bonds is 6. The highest BCUT2D eigenvalue weighted by Crippen LogP contribution is 2.21. The molecule has 0 fully saturated rings. The van der Waals surface area contributed by atoms with Crippen LogP contribution in [-0.4, -0.2) is 17.5 Å². The second-order valence-electron chi connectivity index (χ2n) is 6.36. The van der Waals surface area contributed by atoms with E-state index in [1.807, 2.05) is 36.4 Å². The number of benzene rings is 3. The van der Waals surface area contributed by atoms with Gasteiger partial charge in [0, 0.05) is 11.3 Å². The maximum atomic E-state index is 12.1. The number of hydrogen-bond acceptors (Lipinski definition) is 5. The highest BCUT2D eigenvalue weighted by molar-refractivity contribution is 5.91. The summed E-state index contributed by atoms with van der Waals surface area (Å²) in [6.45, 7) is 0.292. The Morgan fingerprint density at radius 2 is 1.66 bits per heavy atom. The van der Waals surface area contributed by atoms with E-state index in [0.29, 0.717) is 28.8 Å². The summed E-state index contributed by atoms with van der Waals surface area (Å²) in [7, 11) is 0. The molecule has 0 aliphatic rings. The molecular weight excluding hydrogens is 368 g/mol. The normalized spacial score (nSPS) is 10.6. The number of amides is 1. The summed E-state index contributed by atoms with van der Waals surface area (Å²) in [4.78, 5) is 28.6. The molecule has 0 aliphatic heterocycles. The van der Waals surface area contributed by atoms with Gasteiger partial charge in [0.2, 0.25) is 11.8 Å². The van der Waals surface area contributed by atoms with Gasteiger partial charge in [-0.1, -0.05) is 30.3 Å². The molecule has 0 unspecified atom stereocenters. The third-order valence-corrected chi connectivity index (χ3v) is 4.29. The first-order valence-corrected chi connectivity index (χ1v) is 9.17. The van der Waals surface area contributed by atoms with Crippen LogP contribution in [0.15, 0.2) is 88.1 Å². The SMILES string of the molecule is O=C(CCOc1ccccc1)Nc1ccc(-c2nc3ccccc3c(=O)o2)cc1. The van der Waals surface area contributed by atoms with Gasteiger partial charge in [0.25, 0.3) is 0 Å². The number of para-hydroxylation sites is 2. The summed E-state index contributed by atoms with van der Waals surface area (Å²) in [5, 5.41) is 3.26. The molecule has 6 nitrogen and oxygen atoms in total. The summed E-state index contributed by atoms with van der Waals surface area (Å²) in [5.41, 5.74) is 1.44. The molecule has 0 bridgehead atoms. The molecule has 1 N–H and O–H groups in total. The maximum Gasteiger partial charge on any atom is 0.347 e. The molecule has 1 amide bonds. The number of aromatic nitrogens is 1. The molecule has 1 aromatic heterocycles. The number of hydrogen-bond donors (Lipinski definition) is 1. The van der Waals surface area contributed by atoms with E-state index in [1.54, 1.807) is 42.5 Å². The highest BCUT2D eigenvalue weighted by Gasteiger charge is 2.09. The lowest BCUT2D eigenvalue weighted by atomic mass is 10.2. The first-order valence-electron chi connectivity index (χ1n) is 9.17. The van der Waals surface area contributed by atoms with Crippen molar-refractivity contribution in [2.75, 3.05) is 11.9 Å². The van der Waals surface area contributed by atoms with Crippen molar-refractivity contribution in [2.45, 2.75) is 6.42 Å². The largest absolute Gasteiger partial charge is 0.493 e. The first kappa shape index (κ1) is 18.4. The Hall–Kier alpha value is -3.93. The van der Waals surface area contributed by atoms with E-state index in [4.69, 9.17) is 9.15 Å². The fraction of sp³-hybridized carbons (Fsp3) is 0.0870. The smallest absolute Gasteiger partial charge is 0.347 e. The molecule has 0 aliphatic carbocycles. The van der Waals surface area contributed by atoms with Crippen LogP contribution in [0.1, 0.15) is 6.42 Å². The first-order chi connectivity index (χ1) is 14.2. The van der Waals surface area contributed by atoms with Gasteiger partial charge in [-0.25, -0.2) is 9.78 Å². The Morgan fingerprint density at radius 1 is 0.931 bits per heavy atom. The van der Waals surface area contributed by atoms with Gasteiger partial charge in [0.15, 0.2) is 0 Å². The molecule has 0 spiro atoms. The monoisotopic (exact) mass is 386 g/mol. The molecule has 4 rings (SSSR count). The number of anilines is 1. The van der Waals surface area contributed by atoms with Gasteiger partial charge in [0.05, 0.1) is 23.9 Å². The summed E-state index contributed by atoms with van der Waals surface area (Å²) >= 11 is 0. The van der Waals surface area contributed by atoms with E-state index in [0.717, 1.165) is 5.75 Å². The Bertz CT molecular complexity index is 1180. The Kier molecular flexibility index (Phi) is 5.33. The molecule has 29 heavy (non-hydrogen) atoms. The van der Waals surface area contributed by atoms with Crippen LogP contribution in [-0.2, 0) is 4.79 Å². The number of ether oxygens (including phenoxy) is 1. The molecule has 0 saturated carbocycles. The molecule has 3 aromatic carbocycles. The maximum absolute atomic E-state index is 12.1. The van der Waals surface area contributed by atoms with E-state index in [9.17, 15) is 9.59 Å².